The molecule has 2 fully saturated rings. The molecule has 5 N–H and O–H groups in total. The Kier molecular flexibility index (Phi) is 10.9. The molecule has 1 saturated heterocycles. The normalized spacial score (nSPS) is 20.4. The molecule has 8 heteroatoms. The average molecular weight is 513 g/mol. The summed E-state index contributed by atoms with van der Waals surface area (Å²) in [6, 6.07) is 16.5. The summed E-state index contributed by atoms with van der Waals surface area (Å²) in [7, 11) is 0. The van der Waals surface area contributed by atoms with Crippen molar-refractivity contribution >= 4 is 11.8 Å². The summed E-state index contributed by atoms with van der Waals surface area (Å²) in [6.07, 6.45) is 4.47. The number of aryl methyl sites for hydroxylation is 1. The Morgan fingerprint density at radius 1 is 1.05 bits per heavy atom. The Bertz CT molecular complexity index is 996. The highest BCUT2D eigenvalue weighted by atomic mass is 16.5. The van der Waals surface area contributed by atoms with E-state index in [1.807, 2.05) is 12.1 Å². The van der Waals surface area contributed by atoms with Gasteiger partial charge in [-0.25, -0.2) is 0 Å². The van der Waals surface area contributed by atoms with Gasteiger partial charge in [0.15, 0.2) is 0 Å². The van der Waals surface area contributed by atoms with Gasteiger partial charge in [0.2, 0.25) is 11.8 Å². The quantitative estimate of drug-likeness (QED) is 0.382. The van der Waals surface area contributed by atoms with Gasteiger partial charge in [-0.2, -0.15) is 0 Å². The average Bonchev–Trinajstić information content (AvgIpc) is 3.34. The molecule has 2 atom stereocenters. The van der Waals surface area contributed by atoms with E-state index < -0.39 is 23.7 Å². The molecular formula is C29H40N2O6. The van der Waals surface area contributed by atoms with Gasteiger partial charge in [0.1, 0.15) is 11.3 Å². The van der Waals surface area contributed by atoms with Crippen molar-refractivity contribution in [2.75, 3.05) is 19.8 Å². The lowest BCUT2D eigenvalue weighted by Crippen LogP contribution is -2.55. The molecule has 37 heavy (non-hydrogen) atoms. The van der Waals surface area contributed by atoms with Crippen LogP contribution in [0.3, 0.4) is 0 Å². The molecule has 1 aliphatic carbocycles. The largest absolute Gasteiger partial charge is 0.494 e. The summed E-state index contributed by atoms with van der Waals surface area (Å²) < 4.78 is 10.6. The molecule has 4 rings (SSSR count). The minimum atomic E-state index is -0.842. The second-order valence-electron chi connectivity index (χ2n) is 9.98. The van der Waals surface area contributed by atoms with Crippen LogP contribution in [0.1, 0.15) is 61.6 Å². The summed E-state index contributed by atoms with van der Waals surface area (Å²) in [6.45, 7) is 3.32. The molecule has 202 valence electrons. The van der Waals surface area contributed by atoms with Gasteiger partial charge in [-0.05, 0) is 61.4 Å². The number of benzene rings is 2. The third-order valence-corrected chi connectivity index (χ3v) is 6.87. The molecule has 0 radical (unpaired) electrons. The smallest absolute Gasteiger partial charge is 0.243 e. The Morgan fingerprint density at radius 3 is 2.27 bits per heavy atom. The minimum Gasteiger partial charge on any atom is -0.494 e. The fourth-order valence-electron chi connectivity index (χ4n) is 4.69. The van der Waals surface area contributed by atoms with Crippen LogP contribution in [0.5, 0.6) is 5.75 Å². The number of aliphatic hydroxyl groups excluding tert-OH is 2. The van der Waals surface area contributed by atoms with Crippen LogP contribution < -0.4 is 15.8 Å². The van der Waals surface area contributed by atoms with E-state index in [4.69, 9.17) is 25.4 Å². The van der Waals surface area contributed by atoms with Gasteiger partial charge in [0.25, 0.3) is 0 Å². The van der Waals surface area contributed by atoms with Gasteiger partial charge in [-0.15, -0.1) is 0 Å². The van der Waals surface area contributed by atoms with Crippen molar-refractivity contribution in [3.05, 3.63) is 65.2 Å². The Hall–Kier alpha value is -2.94. The highest BCUT2D eigenvalue weighted by Crippen LogP contribution is 2.29. The maximum Gasteiger partial charge on any atom is 0.243 e. The van der Waals surface area contributed by atoms with Crippen molar-refractivity contribution < 1.29 is 29.3 Å². The van der Waals surface area contributed by atoms with E-state index in [1.54, 1.807) is 0 Å². The van der Waals surface area contributed by atoms with E-state index in [-0.39, 0.29) is 5.91 Å². The molecule has 1 saturated carbocycles. The van der Waals surface area contributed by atoms with E-state index in [9.17, 15) is 9.59 Å². The Morgan fingerprint density at radius 2 is 1.70 bits per heavy atom. The first-order valence-electron chi connectivity index (χ1n) is 13.1. The molecule has 0 aromatic heterocycles. The fourth-order valence-corrected chi connectivity index (χ4v) is 4.69. The predicted molar refractivity (Wildman–Crippen MR) is 141 cm³/mol. The highest BCUT2D eigenvalue weighted by molar-refractivity contribution is 5.90. The van der Waals surface area contributed by atoms with Crippen molar-refractivity contribution in [3.8, 4) is 5.75 Å². The summed E-state index contributed by atoms with van der Waals surface area (Å²) in [5, 5.41) is 20.4. The second-order valence-corrected chi connectivity index (χ2v) is 9.98. The molecule has 1 heterocycles. The summed E-state index contributed by atoms with van der Waals surface area (Å²) in [5.74, 6) is 0.233. The third-order valence-electron chi connectivity index (χ3n) is 6.87. The van der Waals surface area contributed by atoms with E-state index >= 15 is 0 Å². The number of hydrogen-bond acceptors (Lipinski definition) is 6. The number of primary amides is 1. The molecule has 2 unspecified atom stereocenters. The molecule has 2 amide bonds. The lowest BCUT2D eigenvalue weighted by molar-refractivity contribution is -0.131. The second kappa shape index (κ2) is 14.1. The topological polar surface area (TPSA) is 131 Å². The molecule has 0 bridgehead atoms. The van der Waals surface area contributed by atoms with Crippen LogP contribution in [0, 0.1) is 6.92 Å². The number of aliphatic hydroxyl groups is 2. The molecule has 1 aliphatic heterocycles. The van der Waals surface area contributed by atoms with Crippen LogP contribution in [0.15, 0.2) is 48.5 Å². The number of carbonyl (C=O) groups is 2. The maximum absolute atomic E-state index is 12.2. The number of amides is 2. The Balaban J connectivity index is 0.000000405. The molecule has 8 nitrogen and oxygen atoms in total. The molecule has 2 aromatic rings. The highest BCUT2D eigenvalue weighted by Gasteiger charge is 2.40. The van der Waals surface area contributed by atoms with E-state index in [2.05, 4.69) is 48.6 Å². The number of rotatable bonds is 9. The van der Waals surface area contributed by atoms with Gasteiger partial charge in [-0.3, -0.25) is 9.59 Å². The van der Waals surface area contributed by atoms with Crippen LogP contribution in [0.2, 0.25) is 0 Å². The summed E-state index contributed by atoms with van der Waals surface area (Å²) in [5.41, 5.74) is 8.51. The first kappa shape index (κ1) is 28.6. The van der Waals surface area contributed by atoms with Crippen LogP contribution in [0.25, 0.3) is 0 Å². The maximum atomic E-state index is 12.2. The number of nitrogens with two attached hydrogens (primary N) is 1. The van der Waals surface area contributed by atoms with Crippen molar-refractivity contribution in [1.82, 2.24) is 5.32 Å². The monoisotopic (exact) mass is 512 g/mol. The fraction of sp³-hybridized carbons (Fsp3) is 0.517. The number of carbonyl (C=O) groups excluding carboxylic acids is 2. The lowest BCUT2D eigenvalue weighted by atomic mass is 9.96. The van der Waals surface area contributed by atoms with Gasteiger partial charge >= 0.3 is 0 Å². The van der Waals surface area contributed by atoms with Crippen molar-refractivity contribution in [2.24, 2.45) is 5.73 Å². The number of hydrogen-bond donors (Lipinski definition) is 4. The Labute approximate surface area is 219 Å². The predicted octanol–water partition coefficient (Wildman–Crippen LogP) is 2.79. The van der Waals surface area contributed by atoms with Gasteiger partial charge in [0.05, 0.1) is 32.0 Å². The van der Waals surface area contributed by atoms with E-state index in [0.717, 1.165) is 25.0 Å². The molecule has 2 aromatic carbocycles. The van der Waals surface area contributed by atoms with Crippen molar-refractivity contribution in [2.45, 2.75) is 76.0 Å². The van der Waals surface area contributed by atoms with Crippen LogP contribution in [0.4, 0.5) is 0 Å². The standard InChI is InChI=1S/C24H30N2O3.C5H10O3/c1-18-7-2-3-8-20(18)17-19-10-12-21(13-11-19)29-16-6-9-22(27)26-24(23(25)28)14-4-5-15-24;6-4-1-5(7)3-8-2-4/h2-3,7-8,10-13H,4-6,9,14-17H2,1H3,(H2,25,28)(H,26,27);4-7H,1-3H2. The zero-order chi connectivity index (χ0) is 26.7. The summed E-state index contributed by atoms with van der Waals surface area (Å²) >= 11 is 0. The van der Waals surface area contributed by atoms with Crippen LogP contribution in [-0.2, 0) is 20.7 Å². The zero-order valence-corrected chi connectivity index (χ0v) is 21.7. The lowest BCUT2D eigenvalue weighted by Gasteiger charge is -2.26. The van der Waals surface area contributed by atoms with E-state index in [0.29, 0.717) is 51.9 Å². The minimum absolute atomic E-state index is 0.136. The third kappa shape index (κ3) is 9.14. The van der Waals surface area contributed by atoms with Crippen molar-refractivity contribution in [1.29, 1.82) is 0 Å². The van der Waals surface area contributed by atoms with Crippen molar-refractivity contribution in [3.63, 3.8) is 0 Å². The number of nitrogens with one attached hydrogen (secondary N) is 1. The zero-order valence-electron chi connectivity index (χ0n) is 21.7. The SMILES string of the molecule is Cc1ccccc1Cc1ccc(OCCCC(=O)NC2(C(N)=O)CCCC2)cc1.OC1COCC(O)C1. The summed E-state index contributed by atoms with van der Waals surface area (Å²) in [4.78, 5) is 23.9. The van der Waals surface area contributed by atoms with Crippen LogP contribution in [-0.4, -0.2) is 59.6 Å². The van der Waals surface area contributed by atoms with Gasteiger partial charge in [-0.1, -0.05) is 49.2 Å². The van der Waals surface area contributed by atoms with Gasteiger partial charge in [0, 0.05) is 12.8 Å². The van der Waals surface area contributed by atoms with E-state index in [1.165, 1.54) is 16.7 Å². The molecular weight excluding hydrogens is 472 g/mol. The van der Waals surface area contributed by atoms with Gasteiger partial charge < -0.3 is 30.7 Å². The molecule has 2 aliphatic rings. The first-order chi connectivity index (χ1) is 17.8. The first-order valence-corrected chi connectivity index (χ1v) is 13.1. The molecule has 0 spiro atoms. The van der Waals surface area contributed by atoms with Crippen LogP contribution >= 0.6 is 0 Å². The number of ether oxygens (including phenoxy) is 2.